The number of aliphatic hydroxyl groups is 1. The molecule has 2 aromatic carbocycles. The Morgan fingerprint density at radius 2 is 1.81 bits per heavy atom. The zero-order valence-electron chi connectivity index (χ0n) is 16.6. The molecule has 4 rings (SSSR count). The van der Waals surface area contributed by atoms with E-state index in [0.29, 0.717) is 24.1 Å². The van der Waals surface area contributed by atoms with E-state index in [1.165, 1.54) is 11.0 Å². The second-order valence-corrected chi connectivity index (χ2v) is 8.35. The highest BCUT2D eigenvalue weighted by Crippen LogP contribution is 2.50. The summed E-state index contributed by atoms with van der Waals surface area (Å²) in [6.07, 6.45) is -3.40. The number of amides is 1. The maximum Gasteiger partial charge on any atom is 0.417 e. The van der Waals surface area contributed by atoms with Gasteiger partial charge < -0.3 is 10.0 Å². The SMILES string of the molecule is CC(O)c1ccc(N2C(S)N(c3ccc(C#N)c(C(F)(F)F)c3)C(=O)C23CCC3)cc1. The molecule has 0 bridgehead atoms. The Balaban J connectivity index is 1.78. The molecule has 2 aliphatic rings. The third-order valence-corrected chi connectivity index (χ3v) is 6.54. The fraction of sp³-hybridized carbons (Fsp3) is 0.364. The van der Waals surface area contributed by atoms with Crippen LogP contribution in [0.1, 0.15) is 49.0 Å². The summed E-state index contributed by atoms with van der Waals surface area (Å²) in [5, 5.41) is 18.8. The first kappa shape index (κ1) is 21.5. The second-order valence-electron chi connectivity index (χ2n) is 7.88. The number of nitrogens with zero attached hydrogens (tertiary/aromatic N) is 3. The van der Waals surface area contributed by atoms with Crippen LogP contribution in [0.25, 0.3) is 0 Å². The fourth-order valence-electron chi connectivity index (χ4n) is 4.29. The van der Waals surface area contributed by atoms with Crippen molar-refractivity contribution in [1.29, 1.82) is 5.26 Å². The molecule has 1 saturated heterocycles. The summed E-state index contributed by atoms with van der Waals surface area (Å²) in [7, 11) is 0. The number of carbonyl (C=O) groups is 1. The Hall–Kier alpha value is -2.70. The number of carbonyl (C=O) groups excluding carboxylic acids is 1. The van der Waals surface area contributed by atoms with Crippen LogP contribution < -0.4 is 9.80 Å². The highest BCUT2D eigenvalue weighted by molar-refractivity contribution is 7.81. The summed E-state index contributed by atoms with van der Waals surface area (Å²) in [6.45, 7) is 1.65. The van der Waals surface area contributed by atoms with E-state index in [2.05, 4.69) is 12.6 Å². The molecule has 1 aliphatic heterocycles. The fourth-order valence-corrected chi connectivity index (χ4v) is 4.89. The van der Waals surface area contributed by atoms with Gasteiger partial charge in [0.15, 0.2) is 5.50 Å². The van der Waals surface area contributed by atoms with E-state index in [0.717, 1.165) is 18.6 Å². The minimum absolute atomic E-state index is 0.0469. The molecular formula is C22H20F3N3O2S. The van der Waals surface area contributed by atoms with Crippen molar-refractivity contribution in [2.24, 2.45) is 0 Å². The smallest absolute Gasteiger partial charge is 0.389 e. The number of aliphatic hydroxyl groups excluding tert-OH is 1. The maximum absolute atomic E-state index is 13.5. The van der Waals surface area contributed by atoms with Crippen molar-refractivity contribution in [3.63, 3.8) is 0 Å². The highest BCUT2D eigenvalue weighted by Gasteiger charge is 2.60. The van der Waals surface area contributed by atoms with Crippen molar-refractivity contribution >= 4 is 29.9 Å². The second kappa shape index (κ2) is 7.46. The van der Waals surface area contributed by atoms with E-state index in [4.69, 9.17) is 5.26 Å². The normalized spacial score (nSPS) is 21.2. The minimum Gasteiger partial charge on any atom is -0.389 e. The van der Waals surface area contributed by atoms with Crippen molar-refractivity contribution in [2.75, 3.05) is 9.80 Å². The number of alkyl halides is 3. The van der Waals surface area contributed by atoms with E-state index in [1.54, 1.807) is 37.3 Å². The standard InChI is InChI=1S/C22H20F3N3O2S/c1-13(29)14-3-6-16(7-4-14)28-20(31)27(19(30)21(28)9-2-10-21)17-8-5-15(12-26)18(11-17)22(23,24)25/h3-8,11,13,20,29,31H,2,9-10H2,1H3. The number of hydrogen-bond acceptors (Lipinski definition) is 5. The van der Waals surface area contributed by atoms with Gasteiger partial charge in [0.25, 0.3) is 5.91 Å². The first-order valence-corrected chi connectivity index (χ1v) is 10.3. The molecule has 2 unspecified atom stereocenters. The molecule has 9 heteroatoms. The number of anilines is 2. The van der Waals surface area contributed by atoms with Crippen molar-refractivity contribution in [2.45, 2.75) is 49.5 Å². The van der Waals surface area contributed by atoms with Crippen LogP contribution in [0.3, 0.4) is 0 Å². The molecule has 1 aliphatic carbocycles. The van der Waals surface area contributed by atoms with Gasteiger partial charge >= 0.3 is 6.18 Å². The number of nitriles is 1. The van der Waals surface area contributed by atoms with Gasteiger partial charge in [0.1, 0.15) is 5.54 Å². The van der Waals surface area contributed by atoms with E-state index >= 15 is 0 Å². The molecule has 0 aromatic heterocycles. The van der Waals surface area contributed by atoms with Crippen LogP contribution >= 0.6 is 12.6 Å². The van der Waals surface area contributed by atoms with Gasteiger partial charge in [0, 0.05) is 11.4 Å². The van der Waals surface area contributed by atoms with Crippen LogP contribution in [0.2, 0.25) is 0 Å². The number of rotatable bonds is 3. The lowest BCUT2D eigenvalue weighted by Gasteiger charge is -2.44. The van der Waals surface area contributed by atoms with Crippen molar-refractivity contribution in [3.8, 4) is 6.07 Å². The molecular weight excluding hydrogens is 427 g/mol. The van der Waals surface area contributed by atoms with Crippen LogP contribution in [0, 0.1) is 11.3 Å². The molecule has 1 amide bonds. The first-order valence-electron chi connectivity index (χ1n) is 9.80. The average Bonchev–Trinajstić information content (AvgIpc) is 2.93. The molecule has 1 N–H and O–H groups in total. The van der Waals surface area contributed by atoms with Crippen molar-refractivity contribution < 1.29 is 23.1 Å². The van der Waals surface area contributed by atoms with Gasteiger partial charge in [-0.1, -0.05) is 12.1 Å². The Morgan fingerprint density at radius 1 is 1.19 bits per heavy atom. The molecule has 1 heterocycles. The van der Waals surface area contributed by atoms with Gasteiger partial charge in [-0.3, -0.25) is 9.69 Å². The summed E-state index contributed by atoms with van der Waals surface area (Å²) < 4.78 is 40.4. The maximum atomic E-state index is 13.5. The van der Waals surface area contributed by atoms with E-state index in [-0.39, 0.29) is 11.6 Å². The van der Waals surface area contributed by atoms with Gasteiger partial charge in [-0.15, -0.1) is 12.6 Å². The molecule has 0 radical (unpaired) electrons. The summed E-state index contributed by atoms with van der Waals surface area (Å²) in [5.41, 5.74) is -1.81. The molecule has 2 aromatic rings. The van der Waals surface area contributed by atoms with E-state index < -0.39 is 34.4 Å². The predicted octanol–water partition coefficient (Wildman–Crippen LogP) is 4.62. The Kier molecular flexibility index (Phi) is 5.18. The van der Waals surface area contributed by atoms with Crippen molar-refractivity contribution in [1.82, 2.24) is 0 Å². The predicted molar refractivity (Wildman–Crippen MR) is 113 cm³/mol. The van der Waals surface area contributed by atoms with E-state index in [9.17, 15) is 23.1 Å². The summed E-state index contributed by atoms with van der Waals surface area (Å²) >= 11 is 4.62. The summed E-state index contributed by atoms with van der Waals surface area (Å²) in [6, 6.07) is 11.9. The van der Waals surface area contributed by atoms with Crippen molar-refractivity contribution in [3.05, 3.63) is 59.2 Å². The van der Waals surface area contributed by atoms with Crippen LogP contribution in [-0.4, -0.2) is 22.1 Å². The number of halogens is 3. The van der Waals surface area contributed by atoms with Gasteiger partial charge in [0.05, 0.1) is 23.3 Å². The monoisotopic (exact) mass is 447 g/mol. The minimum atomic E-state index is -4.72. The van der Waals surface area contributed by atoms with Gasteiger partial charge in [0.2, 0.25) is 0 Å². The summed E-state index contributed by atoms with van der Waals surface area (Å²) in [5.74, 6) is -0.309. The molecule has 2 fully saturated rings. The van der Waals surface area contributed by atoms with E-state index in [1.807, 2.05) is 4.90 Å². The van der Waals surface area contributed by atoms with Crippen LogP contribution in [0.15, 0.2) is 42.5 Å². The lowest BCUT2D eigenvalue weighted by Crippen LogP contribution is -2.55. The average molecular weight is 447 g/mol. The third kappa shape index (κ3) is 3.34. The van der Waals surface area contributed by atoms with Gasteiger partial charge in [-0.25, -0.2) is 0 Å². The molecule has 1 saturated carbocycles. The summed E-state index contributed by atoms with van der Waals surface area (Å²) in [4.78, 5) is 16.5. The zero-order chi connectivity index (χ0) is 22.6. The first-order chi connectivity index (χ1) is 14.6. The number of benzene rings is 2. The highest BCUT2D eigenvalue weighted by atomic mass is 32.1. The van der Waals surface area contributed by atoms with Gasteiger partial charge in [-0.05, 0) is 62.1 Å². The van der Waals surface area contributed by atoms with Crippen LogP contribution in [0.4, 0.5) is 24.5 Å². The third-order valence-electron chi connectivity index (χ3n) is 6.08. The largest absolute Gasteiger partial charge is 0.417 e. The van der Waals surface area contributed by atoms with Crippen LogP contribution in [-0.2, 0) is 11.0 Å². The topological polar surface area (TPSA) is 67.6 Å². The number of hydrogen-bond donors (Lipinski definition) is 2. The molecule has 162 valence electrons. The Labute approximate surface area is 183 Å². The Bertz CT molecular complexity index is 1060. The molecule has 2 atom stereocenters. The Morgan fingerprint density at radius 3 is 2.29 bits per heavy atom. The molecule has 5 nitrogen and oxygen atoms in total. The van der Waals surface area contributed by atoms with Gasteiger partial charge in [-0.2, -0.15) is 18.4 Å². The van der Waals surface area contributed by atoms with Crippen LogP contribution in [0.5, 0.6) is 0 Å². The quantitative estimate of drug-likeness (QED) is 0.674. The lowest BCUT2D eigenvalue weighted by molar-refractivity contribution is -0.137. The molecule has 1 spiro atoms. The molecule has 31 heavy (non-hydrogen) atoms. The zero-order valence-corrected chi connectivity index (χ0v) is 17.5. The lowest BCUT2D eigenvalue weighted by atomic mass is 9.75. The number of thiol groups is 1.